The summed E-state index contributed by atoms with van der Waals surface area (Å²) >= 11 is 0. The van der Waals surface area contributed by atoms with E-state index in [1.165, 1.54) is 0 Å². The molecular formula is C11H15N3O2S. The molecule has 1 saturated heterocycles. The van der Waals surface area contributed by atoms with E-state index in [1.807, 2.05) is 0 Å². The zero-order valence-electron chi connectivity index (χ0n) is 9.39. The minimum Gasteiger partial charge on any atom is -0.399 e. The van der Waals surface area contributed by atoms with Crippen molar-refractivity contribution in [3.63, 3.8) is 0 Å². The van der Waals surface area contributed by atoms with Crippen LogP contribution in [0.5, 0.6) is 0 Å². The van der Waals surface area contributed by atoms with Crippen molar-refractivity contribution >= 4 is 28.1 Å². The third-order valence-corrected chi connectivity index (χ3v) is 4.05. The first-order valence-electron chi connectivity index (χ1n) is 5.37. The van der Waals surface area contributed by atoms with Gasteiger partial charge in [-0.3, -0.25) is 9.00 Å². The first kappa shape index (κ1) is 11.9. The molecule has 0 spiro atoms. The molecule has 1 heterocycles. The van der Waals surface area contributed by atoms with Crippen LogP contribution in [0.15, 0.2) is 18.2 Å². The molecule has 0 unspecified atom stereocenters. The normalized spacial score (nSPS) is 17.1. The summed E-state index contributed by atoms with van der Waals surface area (Å²) in [6.45, 7) is 1.05. The van der Waals surface area contributed by atoms with Gasteiger partial charge in [-0.05, 0) is 18.2 Å². The number of rotatable bonds is 1. The largest absolute Gasteiger partial charge is 0.399 e. The van der Waals surface area contributed by atoms with Crippen LogP contribution >= 0.6 is 0 Å². The fourth-order valence-electron chi connectivity index (χ4n) is 1.79. The van der Waals surface area contributed by atoms with Crippen molar-refractivity contribution < 1.29 is 9.00 Å². The van der Waals surface area contributed by atoms with Crippen LogP contribution < -0.4 is 11.5 Å². The molecule has 0 aliphatic carbocycles. The van der Waals surface area contributed by atoms with Crippen LogP contribution in [-0.4, -0.2) is 39.6 Å². The molecule has 0 aromatic heterocycles. The van der Waals surface area contributed by atoms with E-state index in [0.717, 1.165) is 0 Å². The zero-order chi connectivity index (χ0) is 12.4. The Bertz CT molecular complexity index is 466. The smallest absolute Gasteiger partial charge is 0.256 e. The first-order chi connectivity index (χ1) is 8.08. The number of nitrogens with two attached hydrogens (primary N) is 2. The highest BCUT2D eigenvalue weighted by atomic mass is 32.2. The molecular weight excluding hydrogens is 238 g/mol. The highest BCUT2D eigenvalue weighted by Gasteiger charge is 2.22. The van der Waals surface area contributed by atoms with Crippen molar-refractivity contribution in [2.45, 2.75) is 0 Å². The molecule has 0 saturated carbocycles. The van der Waals surface area contributed by atoms with Crippen LogP contribution in [0.3, 0.4) is 0 Å². The minimum atomic E-state index is -0.788. The highest BCUT2D eigenvalue weighted by molar-refractivity contribution is 7.85. The highest BCUT2D eigenvalue weighted by Crippen LogP contribution is 2.18. The predicted octanol–water partition coefficient (Wildman–Crippen LogP) is 0.0555. The van der Waals surface area contributed by atoms with Gasteiger partial charge in [0.25, 0.3) is 5.91 Å². The monoisotopic (exact) mass is 253 g/mol. The van der Waals surface area contributed by atoms with E-state index >= 15 is 0 Å². The molecule has 1 amide bonds. The van der Waals surface area contributed by atoms with Gasteiger partial charge >= 0.3 is 0 Å². The third-order valence-electron chi connectivity index (χ3n) is 2.77. The topological polar surface area (TPSA) is 89.4 Å². The molecule has 17 heavy (non-hydrogen) atoms. The van der Waals surface area contributed by atoms with Gasteiger partial charge in [0.2, 0.25) is 0 Å². The number of amides is 1. The summed E-state index contributed by atoms with van der Waals surface area (Å²) in [5, 5.41) is 0. The molecule has 4 N–H and O–H groups in total. The van der Waals surface area contributed by atoms with E-state index in [1.54, 1.807) is 23.1 Å². The predicted molar refractivity (Wildman–Crippen MR) is 69.0 cm³/mol. The van der Waals surface area contributed by atoms with Gasteiger partial charge in [-0.25, -0.2) is 0 Å². The van der Waals surface area contributed by atoms with Gasteiger partial charge in [0.15, 0.2) is 0 Å². The Kier molecular flexibility index (Phi) is 3.33. The molecule has 0 radical (unpaired) electrons. The average Bonchev–Trinajstić information content (AvgIpc) is 2.29. The molecule has 1 aliphatic rings. The van der Waals surface area contributed by atoms with E-state index in [4.69, 9.17) is 11.5 Å². The Morgan fingerprint density at radius 1 is 1.24 bits per heavy atom. The second-order valence-electron chi connectivity index (χ2n) is 3.99. The lowest BCUT2D eigenvalue weighted by atomic mass is 10.1. The standard InChI is InChI=1S/C11H15N3O2S/c12-8-1-2-9(10(13)7-8)11(15)14-3-5-17(16)6-4-14/h1-2,7H,3-6,12-13H2. The number of carbonyl (C=O) groups excluding carboxylic acids is 1. The quantitative estimate of drug-likeness (QED) is 0.692. The molecule has 6 heteroatoms. The summed E-state index contributed by atoms with van der Waals surface area (Å²) < 4.78 is 11.2. The second-order valence-corrected chi connectivity index (χ2v) is 5.68. The van der Waals surface area contributed by atoms with Gasteiger partial charge in [-0.1, -0.05) is 0 Å². The van der Waals surface area contributed by atoms with Crippen molar-refractivity contribution in [2.75, 3.05) is 36.1 Å². The number of carbonyl (C=O) groups is 1. The SMILES string of the molecule is Nc1ccc(C(=O)N2CCS(=O)CC2)c(N)c1. The molecule has 1 aromatic carbocycles. The van der Waals surface area contributed by atoms with Gasteiger partial charge < -0.3 is 16.4 Å². The minimum absolute atomic E-state index is 0.112. The van der Waals surface area contributed by atoms with Crippen molar-refractivity contribution in [3.8, 4) is 0 Å². The zero-order valence-corrected chi connectivity index (χ0v) is 10.2. The Hall–Kier alpha value is -1.56. The number of nitrogens with zero attached hydrogens (tertiary/aromatic N) is 1. The number of benzene rings is 1. The Labute approximate surface area is 102 Å². The Morgan fingerprint density at radius 3 is 2.47 bits per heavy atom. The van der Waals surface area contributed by atoms with Gasteiger partial charge in [-0.15, -0.1) is 0 Å². The lowest BCUT2D eigenvalue weighted by Crippen LogP contribution is -2.42. The molecule has 5 nitrogen and oxygen atoms in total. The van der Waals surface area contributed by atoms with Gasteiger partial charge in [0, 0.05) is 46.8 Å². The molecule has 92 valence electrons. The van der Waals surface area contributed by atoms with E-state index in [0.29, 0.717) is 41.5 Å². The van der Waals surface area contributed by atoms with Crippen LogP contribution in [0.4, 0.5) is 11.4 Å². The molecule has 1 aromatic rings. The van der Waals surface area contributed by atoms with Crippen molar-refractivity contribution in [1.82, 2.24) is 4.90 Å². The fourth-order valence-corrected chi connectivity index (χ4v) is 2.84. The summed E-state index contributed by atoms with van der Waals surface area (Å²) in [4.78, 5) is 13.8. The Balaban J connectivity index is 2.16. The van der Waals surface area contributed by atoms with Gasteiger partial charge in [0.1, 0.15) is 0 Å². The summed E-state index contributed by atoms with van der Waals surface area (Å²) in [6, 6.07) is 4.87. The molecule has 0 bridgehead atoms. The maximum atomic E-state index is 12.1. The fraction of sp³-hybridized carbons (Fsp3) is 0.364. The maximum absolute atomic E-state index is 12.1. The van der Waals surface area contributed by atoms with Crippen molar-refractivity contribution in [1.29, 1.82) is 0 Å². The molecule has 0 atom stereocenters. The van der Waals surface area contributed by atoms with E-state index in [9.17, 15) is 9.00 Å². The molecule has 1 fully saturated rings. The summed E-state index contributed by atoms with van der Waals surface area (Å²) in [5.74, 6) is 0.973. The van der Waals surface area contributed by atoms with Crippen LogP contribution in [0.1, 0.15) is 10.4 Å². The van der Waals surface area contributed by atoms with E-state index < -0.39 is 10.8 Å². The molecule has 1 aliphatic heterocycles. The summed E-state index contributed by atoms with van der Waals surface area (Å²) in [7, 11) is -0.788. The summed E-state index contributed by atoms with van der Waals surface area (Å²) in [6.07, 6.45) is 0. The summed E-state index contributed by atoms with van der Waals surface area (Å²) in [5.41, 5.74) is 12.7. The van der Waals surface area contributed by atoms with Crippen molar-refractivity contribution in [2.24, 2.45) is 0 Å². The van der Waals surface area contributed by atoms with Gasteiger partial charge in [0.05, 0.1) is 5.56 Å². The second kappa shape index (κ2) is 4.75. The van der Waals surface area contributed by atoms with Crippen LogP contribution in [0.25, 0.3) is 0 Å². The Morgan fingerprint density at radius 2 is 1.88 bits per heavy atom. The number of anilines is 2. The average molecular weight is 253 g/mol. The number of hydrogen-bond acceptors (Lipinski definition) is 4. The lowest BCUT2D eigenvalue weighted by molar-refractivity contribution is 0.0772. The van der Waals surface area contributed by atoms with Gasteiger partial charge in [-0.2, -0.15) is 0 Å². The maximum Gasteiger partial charge on any atom is 0.256 e. The van der Waals surface area contributed by atoms with Crippen LogP contribution in [-0.2, 0) is 10.8 Å². The first-order valence-corrected chi connectivity index (χ1v) is 6.86. The lowest BCUT2D eigenvalue weighted by Gasteiger charge is -2.26. The van der Waals surface area contributed by atoms with E-state index in [-0.39, 0.29) is 5.91 Å². The third kappa shape index (κ3) is 2.58. The van der Waals surface area contributed by atoms with Crippen LogP contribution in [0.2, 0.25) is 0 Å². The van der Waals surface area contributed by atoms with E-state index in [2.05, 4.69) is 0 Å². The molecule has 2 rings (SSSR count). The number of nitrogen functional groups attached to an aromatic ring is 2. The number of hydrogen-bond donors (Lipinski definition) is 2. The van der Waals surface area contributed by atoms with Crippen molar-refractivity contribution in [3.05, 3.63) is 23.8 Å². The van der Waals surface area contributed by atoms with Crippen LogP contribution in [0, 0.1) is 0 Å².